The van der Waals surface area contributed by atoms with Crippen molar-refractivity contribution >= 4 is 5.78 Å². The number of Topliss-reactive ketones (excluding diaryl/α,β-unsaturated/α-hetero) is 1. The second-order valence-electron chi connectivity index (χ2n) is 6.48. The van der Waals surface area contributed by atoms with Crippen molar-refractivity contribution in [2.75, 3.05) is 19.6 Å². The van der Waals surface area contributed by atoms with Crippen molar-refractivity contribution in [1.29, 1.82) is 0 Å². The minimum Gasteiger partial charge on any atom is -0.392 e. The maximum Gasteiger partial charge on any atom is 0.406 e. The minimum absolute atomic E-state index is 0.125. The Bertz CT molecular complexity index is 581. The third-order valence-corrected chi connectivity index (χ3v) is 4.58. The quantitative estimate of drug-likeness (QED) is 0.862. The van der Waals surface area contributed by atoms with Crippen LogP contribution in [0.4, 0.5) is 13.2 Å². The van der Waals surface area contributed by atoms with Gasteiger partial charge in [0.15, 0.2) is 5.78 Å². The van der Waals surface area contributed by atoms with E-state index in [4.69, 9.17) is 0 Å². The molecule has 0 aromatic carbocycles. The van der Waals surface area contributed by atoms with Crippen molar-refractivity contribution in [2.45, 2.75) is 46.0 Å². The third-order valence-electron chi connectivity index (χ3n) is 4.58. The minimum atomic E-state index is -4.32. The van der Waals surface area contributed by atoms with Gasteiger partial charge in [-0.05, 0) is 38.8 Å². The molecule has 0 aliphatic carbocycles. The number of aromatic nitrogens is 1. The number of carbonyl (C=O) groups excluding carboxylic acids is 1. The lowest BCUT2D eigenvalue weighted by molar-refractivity contribution is -0.141. The Morgan fingerprint density at radius 2 is 2.04 bits per heavy atom. The average molecular weight is 332 g/mol. The molecule has 1 aromatic heterocycles. The van der Waals surface area contributed by atoms with E-state index in [9.17, 15) is 23.1 Å². The number of ketones is 1. The van der Waals surface area contributed by atoms with Crippen molar-refractivity contribution in [1.82, 2.24) is 9.47 Å². The molecule has 2 heterocycles. The van der Waals surface area contributed by atoms with Crippen LogP contribution in [0.3, 0.4) is 0 Å². The number of piperidine rings is 1. The molecule has 0 bridgehead atoms. The number of aryl methyl sites for hydroxylation is 1. The summed E-state index contributed by atoms with van der Waals surface area (Å²) in [5.41, 5.74) is 1.10. The molecule has 1 N–H and O–H groups in total. The number of aliphatic hydroxyl groups excluding tert-OH is 1. The van der Waals surface area contributed by atoms with Crippen LogP contribution in [0.2, 0.25) is 0 Å². The first kappa shape index (κ1) is 18.0. The Labute approximate surface area is 133 Å². The SMILES string of the molecule is Cc1cc(C(=O)CN2CCC(C)C(O)C2)c(C)n1CC(F)(F)F. The van der Waals surface area contributed by atoms with Crippen LogP contribution in [0.25, 0.3) is 0 Å². The third kappa shape index (κ3) is 4.35. The zero-order valence-electron chi connectivity index (χ0n) is 13.7. The summed E-state index contributed by atoms with van der Waals surface area (Å²) in [7, 11) is 0. The van der Waals surface area contributed by atoms with E-state index >= 15 is 0 Å². The fraction of sp³-hybridized carbons (Fsp3) is 0.688. The fourth-order valence-electron chi connectivity index (χ4n) is 3.05. The number of hydrogen-bond donors (Lipinski definition) is 1. The predicted octanol–water partition coefficient (Wildman–Crippen LogP) is 2.55. The van der Waals surface area contributed by atoms with Gasteiger partial charge in [-0.15, -0.1) is 0 Å². The normalized spacial score (nSPS) is 23.3. The molecular weight excluding hydrogens is 309 g/mol. The lowest BCUT2D eigenvalue weighted by Gasteiger charge is -2.33. The topological polar surface area (TPSA) is 45.5 Å². The van der Waals surface area contributed by atoms with Gasteiger partial charge < -0.3 is 9.67 Å². The summed E-state index contributed by atoms with van der Waals surface area (Å²) in [6.07, 6.45) is -3.97. The van der Waals surface area contributed by atoms with Crippen molar-refractivity contribution < 1.29 is 23.1 Å². The fourth-order valence-corrected chi connectivity index (χ4v) is 3.05. The number of likely N-dealkylation sites (tertiary alicyclic amines) is 1. The molecule has 1 aliphatic heterocycles. The molecule has 1 aliphatic rings. The summed E-state index contributed by atoms with van der Waals surface area (Å²) >= 11 is 0. The van der Waals surface area contributed by atoms with Gasteiger partial charge >= 0.3 is 6.18 Å². The van der Waals surface area contributed by atoms with Gasteiger partial charge in [0.05, 0.1) is 12.6 Å². The largest absolute Gasteiger partial charge is 0.406 e. The molecule has 2 atom stereocenters. The summed E-state index contributed by atoms with van der Waals surface area (Å²) in [6, 6.07) is 1.52. The highest BCUT2D eigenvalue weighted by molar-refractivity contribution is 5.99. The van der Waals surface area contributed by atoms with Gasteiger partial charge in [-0.3, -0.25) is 9.69 Å². The van der Waals surface area contributed by atoms with Crippen LogP contribution in [0, 0.1) is 19.8 Å². The highest BCUT2D eigenvalue weighted by atomic mass is 19.4. The van der Waals surface area contributed by atoms with Crippen molar-refractivity contribution in [3.63, 3.8) is 0 Å². The van der Waals surface area contributed by atoms with Gasteiger partial charge in [-0.25, -0.2) is 0 Å². The highest BCUT2D eigenvalue weighted by Crippen LogP contribution is 2.24. The number of β-amino-alcohol motifs (C(OH)–C–C–N with tert-alkyl or cyclic N) is 1. The summed E-state index contributed by atoms with van der Waals surface area (Å²) in [6.45, 7) is 5.26. The first-order chi connectivity index (χ1) is 10.6. The number of alkyl halides is 3. The molecule has 130 valence electrons. The summed E-state index contributed by atoms with van der Waals surface area (Å²) < 4.78 is 39.0. The second-order valence-corrected chi connectivity index (χ2v) is 6.48. The average Bonchev–Trinajstić information content (AvgIpc) is 2.69. The first-order valence-corrected chi connectivity index (χ1v) is 7.75. The second kappa shape index (κ2) is 6.65. The molecular formula is C16H23F3N2O2. The number of halogens is 3. The number of aliphatic hydroxyl groups is 1. The van der Waals surface area contributed by atoms with E-state index in [0.717, 1.165) is 11.0 Å². The Morgan fingerprint density at radius 1 is 1.39 bits per heavy atom. The monoisotopic (exact) mass is 332 g/mol. The standard InChI is InChI=1S/C16H23F3N2O2/c1-10-4-5-20(7-14(10)22)8-15(23)13-6-11(2)21(12(13)3)9-16(17,18)19/h6,10,14,22H,4-5,7-9H2,1-3H3. The summed E-state index contributed by atoms with van der Waals surface area (Å²) in [4.78, 5) is 14.3. The van der Waals surface area contributed by atoms with E-state index in [1.807, 2.05) is 11.8 Å². The van der Waals surface area contributed by atoms with Gasteiger partial charge in [0.1, 0.15) is 6.54 Å². The molecule has 1 aromatic rings. The first-order valence-electron chi connectivity index (χ1n) is 7.75. The van der Waals surface area contributed by atoms with E-state index in [1.54, 1.807) is 13.8 Å². The van der Waals surface area contributed by atoms with Crippen LogP contribution < -0.4 is 0 Å². The summed E-state index contributed by atoms with van der Waals surface area (Å²) in [5.74, 6) is 0.00600. The molecule has 2 unspecified atom stereocenters. The number of rotatable bonds is 4. The van der Waals surface area contributed by atoms with Gasteiger partial charge in [0.2, 0.25) is 0 Å². The zero-order valence-corrected chi connectivity index (χ0v) is 13.7. The van der Waals surface area contributed by atoms with Gasteiger partial charge in [-0.1, -0.05) is 6.92 Å². The molecule has 7 heteroatoms. The van der Waals surface area contributed by atoms with Crippen LogP contribution >= 0.6 is 0 Å². The van der Waals surface area contributed by atoms with Crippen LogP contribution in [-0.4, -0.2) is 52.3 Å². The lowest BCUT2D eigenvalue weighted by atomic mass is 9.95. The van der Waals surface area contributed by atoms with Crippen molar-refractivity contribution in [3.8, 4) is 0 Å². The highest BCUT2D eigenvalue weighted by Gasteiger charge is 2.31. The lowest BCUT2D eigenvalue weighted by Crippen LogP contribution is -2.44. The van der Waals surface area contributed by atoms with Crippen LogP contribution in [0.15, 0.2) is 6.07 Å². The maximum absolute atomic E-state index is 12.6. The van der Waals surface area contributed by atoms with Crippen molar-refractivity contribution in [3.05, 3.63) is 23.0 Å². The molecule has 0 saturated carbocycles. The van der Waals surface area contributed by atoms with Gasteiger partial charge in [0.25, 0.3) is 0 Å². The molecule has 0 spiro atoms. The number of hydrogen-bond acceptors (Lipinski definition) is 3. The van der Waals surface area contributed by atoms with E-state index < -0.39 is 18.8 Å². The Morgan fingerprint density at radius 3 is 2.61 bits per heavy atom. The number of nitrogens with zero attached hydrogens (tertiary/aromatic N) is 2. The molecule has 4 nitrogen and oxygen atoms in total. The van der Waals surface area contributed by atoms with Crippen LogP contribution in [-0.2, 0) is 6.54 Å². The molecule has 1 fully saturated rings. The Hall–Kier alpha value is -1.34. The van der Waals surface area contributed by atoms with E-state index in [2.05, 4.69) is 0 Å². The Kier molecular flexibility index (Phi) is 5.20. The predicted molar refractivity (Wildman–Crippen MR) is 80.5 cm³/mol. The van der Waals surface area contributed by atoms with E-state index in [-0.39, 0.29) is 18.2 Å². The Balaban J connectivity index is 2.10. The zero-order chi connectivity index (χ0) is 17.4. The number of carbonyl (C=O) groups is 1. The van der Waals surface area contributed by atoms with Crippen molar-refractivity contribution in [2.24, 2.45) is 5.92 Å². The molecule has 1 saturated heterocycles. The van der Waals surface area contributed by atoms with Crippen LogP contribution in [0.1, 0.15) is 35.1 Å². The summed E-state index contributed by atoms with van der Waals surface area (Å²) in [5, 5.41) is 9.88. The molecule has 0 amide bonds. The maximum atomic E-state index is 12.6. The van der Waals surface area contributed by atoms with E-state index in [0.29, 0.717) is 30.0 Å². The van der Waals surface area contributed by atoms with Gasteiger partial charge in [0, 0.05) is 23.5 Å². The van der Waals surface area contributed by atoms with Crippen LogP contribution in [0.5, 0.6) is 0 Å². The molecule has 23 heavy (non-hydrogen) atoms. The van der Waals surface area contributed by atoms with E-state index in [1.165, 1.54) is 6.07 Å². The molecule has 2 rings (SSSR count). The molecule has 0 radical (unpaired) electrons. The smallest absolute Gasteiger partial charge is 0.392 e. The van der Waals surface area contributed by atoms with Gasteiger partial charge in [-0.2, -0.15) is 13.2 Å².